The molecule has 0 saturated carbocycles. The van der Waals surface area contributed by atoms with E-state index in [1.54, 1.807) is 18.2 Å². The van der Waals surface area contributed by atoms with Crippen LogP contribution in [0.3, 0.4) is 0 Å². The highest BCUT2D eigenvalue weighted by atomic mass is 32.2. The lowest BCUT2D eigenvalue weighted by molar-refractivity contribution is -0.123. The third-order valence-electron chi connectivity index (χ3n) is 2.34. The standard InChI is InChI=1S/C11H10N2O3S2/c14-9-5-18-6-10(17)13(9)12-8-4-2-1-3-7(8)11(15)16/h1-4,12H,5-6H2,(H,15,16). The number of rotatable bonds is 3. The van der Waals surface area contributed by atoms with E-state index in [2.05, 4.69) is 5.43 Å². The largest absolute Gasteiger partial charge is 0.478 e. The summed E-state index contributed by atoms with van der Waals surface area (Å²) < 4.78 is 0. The normalized spacial score (nSPS) is 15.7. The molecule has 1 aromatic carbocycles. The highest BCUT2D eigenvalue weighted by molar-refractivity contribution is 8.01. The molecule has 1 amide bonds. The molecule has 94 valence electrons. The predicted octanol–water partition coefficient (Wildman–Crippen LogP) is 1.61. The molecule has 1 aliphatic rings. The van der Waals surface area contributed by atoms with Crippen LogP contribution in [-0.4, -0.2) is 38.5 Å². The van der Waals surface area contributed by atoms with Crippen LogP contribution >= 0.6 is 24.0 Å². The number of nitrogens with one attached hydrogen (secondary N) is 1. The number of carbonyl (C=O) groups excluding carboxylic acids is 1. The lowest BCUT2D eigenvalue weighted by Crippen LogP contribution is -2.45. The molecule has 0 aliphatic carbocycles. The van der Waals surface area contributed by atoms with Crippen molar-refractivity contribution in [3.05, 3.63) is 29.8 Å². The van der Waals surface area contributed by atoms with Gasteiger partial charge >= 0.3 is 5.97 Å². The summed E-state index contributed by atoms with van der Waals surface area (Å²) in [6, 6.07) is 6.39. The molecule has 0 aromatic heterocycles. The number of thiocarbonyl (C=S) groups is 1. The van der Waals surface area contributed by atoms with Crippen LogP contribution in [-0.2, 0) is 4.79 Å². The van der Waals surface area contributed by atoms with E-state index >= 15 is 0 Å². The SMILES string of the molecule is O=C(O)c1ccccc1NN1C(=O)CSCC1=S. The second-order valence-corrected chi connectivity index (χ2v) is 5.04. The number of carboxylic acids is 1. The third kappa shape index (κ3) is 2.62. The van der Waals surface area contributed by atoms with Gasteiger partial charge in [-0.3, -0.25) is 10.2 Å². The van der Waals surface area contributed by atoms with Gasteiger partial charge in [0.05, 0.1) is 17.0 Å². The quantitative estimate of drug-likeness (QED) is 0.821. The molecule has 1 aliphatic heterocycles. The molecule has 1 fully saturated rings. The number of hydrazine groups is 1. The lowest BCUT2D eigenvalue weighted by Gasteiger charge is -2.28. The maximum Gasteiger partial charge on any atom is 0.337 e. The first-order chi connectivity index (χ1) is 8.59. The van der Waals surface area contributed by atoms with Crippen molar-refractivity contribution in [1.82, 2.24) is 5.01 Å². The molecule has 7 heteroatoms. The molecule has 0 radical (unpaired) electrons. The fraction of sp³-hybridized carbons (Fsp3) is 0.182. The van der Waals surface area contributed by atoms with Crippen LogP contribution < -0.4 is 5.43 Å². The first-order valence-corrected chi connectivity index (χ1v) is 6.68. The van der Waals surface area contributed by atoms with Crippen LogP contribution in [0.25, 0.3) is 0 Å². The summed E-state index contributed by atoms with van der Waals surface area (Å²) in [5, 5.41) is 10.3. The van der Waals surface area contributed by atoms with E-state index in [9.17, 15) is 9.59 Å². The van der Waals surface area contributed by atoms with Gasteiger partial charge in [-0.2, -0.15) is 0 Å². The van der Waals surface area contributed by atoms with Gasteiger partial charge in [-0.25, -0.2) is 9.80 Å². The number of hydrogen-bond acceptors (Lipinski definition) is 5. The molecule has 0 spiro atoms. The topological polar surface area (TPSA) is 69.6 Å². The summed E-state index contributed by atoms with van der Waals surface area (Å²) in [4.78, 5) is 23.2. The number of amides is 1. The van der Waals surface area contributed by atoms with Crippen molar-refractivity contribution in [3.8, 4) is 0 Å². The molecule has 0 bridgehead atoms. The van der Waals surface area contributed by atoms with Gasteiger partial charge in [0.1, 0.15) is 4.99 Å². The molecule has 1 heterocycles. The Kier molecular flexibility index (Phi) is 3.83. The number of nitrogens with zero attached hydrogens (tertiary/aromatic N) is 1. The zero-order valence-corrected chi connectivity index (χ0v) is 10.9. The van der Waals surface area contributed by atoms with Crippen molar-refractivity contribution < 1.29 is 14.7 Å². The van der Waals surface area contributed by atoms with Crippen LogP contribution in [0.15, 0.2) is 24.3 Å². The summed E-state index contributed by atoms with van der Waals surface area (Å²) >= 11 is 6.53. The van der Waals surface area contributed by atoms with E-state index in [0.717, 1.165) is 0 Å². The summed E-state index contributed by atoms with van der Waals surface area (Å²) in [5.74, 6) is -0.314. The molecule has 1 saturated heterocycles. The van der Waals surface area contributed by atoms with Crippen LogP contribution in [0, 0.1) is 0 Å². The fourth-order valence-electron chi connectivity index (χ4n) is 1.51. The van der Waals surface area contributed by atoms with Gasteiger partial charge in [0, 0.05) is 5.75 Å². The van der Waals surface area contributed by atoms with Crippen molar-refractivity contribution >= 4 is 46.5 Å². The first kappa shape index (κ1) is 12.8. The summed E-state index contributed by atoms with van der Waals surface area (Å²) in [6.45, 7) is 0. The van der Waals surface area contributed by atoms with Crippen LogP contribution in [0.5, 0.6) is 0 Å². The molecule has 18 heavy (non-hydrogen) atoms. The summed E-state index contributed by atoms with van der Waals surface area (Å²) in [6.07, 6.45) is 0. The Bertz CT molecular complexity index is 503. The molecule has 0 atom stereocenters. The highest BCUT2D eigenvalue weighted by Gasteiger charge is 2.24. The highest BCUT2D eigenvalue weighted by Crippen LogP contribution is 2.19. The van der Waals surface area contributed by atoms with Crippen molar-refractivity contribution in [2.75, 3.05) is 16.9 Å². The molecule has 1 aromatic rings. The number of carboxylic acid groups (broad SMARTS) is 1. The number of para-hydroxylation sites is 1. The minimum Gasteiger partial charge on any atom is -0.478 e. The zero-order chi connectivity index (χ0) is 13.1. The maximum atomic E-state index is 11.7. The van der Waals surface area contributed by atoms with Crippen LogP contribution in [0.4, 0.5) is 5.69 Å². The molecule has 5 nitrogen and oxygen atoms in total. The van der Waals surface area contributed by atoms with Crippen molar-refractivity contribution in [2.45, 2.75) is 0 Å². The minimum absolute atomic E-state index is 0.103. The fourth-order valence-corrected chi connectivity index (χ4v) is 2.61. The first-order valence-electron chi connectivity index (χ1n) is 5.12. The zero-order valence-electron chi connectivity index (χ0n) is 9.25. The molecular weight excluding hydrogens is 272 g/mol. The van der Waals surface area contributed by atoms with Gasteiger partial charge in [-0.1, -0.05) is 24.4 Å². The van der Waals surface area contributed by atoms with Crippen molar-refractivity contribution in [2.24, 2.45) is 0 Å². The summed E-state index contributed by atoms with van der Waals surface area (Å²) in [7, 11) is 0. The maximum absolute atomic E-state index is 11.7. The van der Waals surface area contributed by atoms with Gasteiger partial charge < -0.3 is 5.11 Å². The Morgan fingerprint density at radius 2 is 2.11 bits per heavy atom. The number of benzene rings is 1. The Balaban J connectivity index is 2.25. The molecular formula is C11H10N2O3S2. The van der Waals surface area contributed by atoms with Crippen molar-refractivity contribution in [1.29, 1.82) is 0 Å². The number of hydrogen-bond donors (Lipinski definition) is 2. The van der Waals surface area contributed by atoms with Gasteiger partial charge in [0.2, 0.25) is 0 Å². The molecule has 0 unspecified atom stereocenters. The van der Waals surface area contributed by atoms with Gasteiger partial charge in [-0.15, -0.1) is 11.8 Å². The second-order valence-electron chi connectivity index (χ2n) is 3.58. The number of anilines is 1. The van der Waals surface area contributed by atoms with E-state index in [1.165, 1.54) is 22.8 Å². The smallest absolute Gasteiger partial charge is 0.337 e. The number of thioether (sulfide) groups is 1. The second kappa shape index (κ2) is 5.36. The Labute approximate surface area is 113 Å². The Hall–Kier alpha value is -1.60. The van der Waals surface area contributed by atoms with Crippen molar-refractivity contribution in [3.63, 3.8) is 0 Å². The molecule has 2 N–H and O–H groups in total. The van der Waals surface area contributed by atoms with Crippen LogP contribution in [0.2, 0.25) is 0 Å². The number of carbonyl (C=O) groups is 2. The van der Waals surface area contributed by atoms with E-state index < -0.39 is 5.97 Å². The van der Waals surface area contributed by atoms with Gasteiger partial charge in [0.15, 0.2) is 0 Å². The minimum atomic E-state index is -1.05. The number of aromatic carboxylic acids is 1. The van der Waals surface area contributed by atoms with E-state index in [-0.39, 0.29) is 11.5 Å². The Morgan fingerprint density at radius 1 is 1.39 bits per heavy atom. The van der Waals surface area contributed by atoms with E-state index in [1.807, 2.05) is 0 Å². The van der Waals surface area contributed by atoms with Gasteiger partial charge in [-0.05, 0) is 12.1 Å². The average molecular weight is 282 g/mol. The third-order valence-corrected chi connectivity index (χ3v) is 3.78. The van der Waals surface area contributed by atoms with E-state index in [0.29, 0.717) is 22.2 Å². The lowest BCUT2D eigenvalue weighted by atomic mass is 10.2. The monoisotopic (exact) mass is 282 g/mol. The van der Waals surface area contributed by atoms with E-state index in [4.69, 9.17) is 17.3 Å². The molecule has 2 rings (SSSR count). The Morgan fingerprint density at radius 3 is 2.78 bits per heavy atom. The predicted molar refractivity (Wildman–Crippen MR) is 73.8 cm³/mol. The van der Waals surface area contributed by atoms with Gasteiger partial charge in [0.25, 0.3) is 5.91 Å². The van der Waals surface area contributed by atoms with Crippen LogP contribution in [0.1, 0.15) is 10.4 Å². The summed E-state index contributed by atoms with van der Waals surface area (Å²) in [5.41, 5.74) is 3.24. The average Bonchev–Trinajstić information content (AvgIpc) is 2.34.